The van der Waals surface area contributed by atoms with Crippen LogP contribution in [0.4, 0.5) is 0 Å². The van der Waals surface area contributed by atoms with Crippen LogP contribution in [0.5, 0.6) is 11.5 Å². The van der Waals surface area contributed by atoms with Gasteiger partial charge in [-0.25, -0.2) is 0 Å². The molecule has 0 aromatic heterocycles. The van der Waals surface area contributed by atoms with Crippen LogP contribution < -0.4 is 9.47 Å². The molecule has 2 saturated carbocycles. The third-order valence-electron chi connectivity index (χ3n) is 8.64. The van der Waals surface area contributed by atoms with Crippen LogP contribution in [0, 0.1) is 22.7 Å². The van der Waals surface area contributed by atoms with Crippen LogP contribution in [-0.2, 0) is 11.8 Å². The minimum absolute atomic E-state index is 0.00905. The second kappa shape index (κ2) is 5.64. The highest BCUT2D eigenvalue weighted by molar-refractivity contribution is 5.55. The summed E-state index contributed by atoms with van der Waals surface area (Å²) in [5, 5.41) is 10.7. The Morgan fingerprint density at radius 1 is 0.962 bits per heavy atom. The smallest absolute Gasteiger partial charge is 0.126 e. The molecule has 3 aliphatic rings. The standard InChI is InChI=1S/C23H34O3/c1-21(2)17-7-9-23(4)18(22(17,3)10-8-19(21)24)12-14-11-15(25-5)13-16(26-6)20(14)23/h11,13,17-19,24H,7-10,12H2,1-6H3/t17?,18-,19?,22?,23-/m1/s1. The predicted octanol–water partition coefficient (Wildman–Crippen LogP) is 4.73. The lowest BCUT2D eigenvalue weighted by Crippen LogP contribution is -2.58. The van der Waals surface area contributed by atoms with Crippen molar-refractivity contribution in [2.45, 2.75) is 71.3 Å². The minimum atomic E-state index is -0.177. The molecule has 0 aliphatic heterocycles. The van der Waals surface area contributed by atoms with E-state index in [9.17, 15) is 5.11 Å². The van der Waals surface area contributed by atoms with Gasteiger partial charge < -0.3 is 14.6 Å². The summed E-state index contributed by atoms with van der Waals surface area (Å²) in [4.78, 5) is 0. The summed E-state index contributed by atoms with van der Waals surface area (Å²) in [6.45, 7) is 9.53. The van der Waals surface area contributed by atoms with Crippen LogP contribution in [-0.4, -0.2) is 25.4 Å². The molecule has 0 bridgehead atoms. The van der Waals surface area contributed by atoms with Gasteiger partial charge in [-0.15, -0.1) is 0 Å². The summed E-state index contributed by atoms with van der Waals surface area (Å²) >= 11 is 0. The maximum Gasteiger partial charge on any atom is 0.126 e. The summed E-state index contributed by atoms with van der Waals surface area (Å²) in [6.07, 6.45) is 5.31. The van der Waals surface area contributed by atoms with Crippen LogP contribution in [0.1, 0.15) is 64.5 Å². The molecule has 144 valence electrons. The summed E-state index contributed by atoms with van der Waals surface area (Å²) < 4.78 is 11.4. The third-order valence-corrected chi connectivity index (χ3v) is 8.64. The van der Waals surface area contributed by atoms with E-state index >= 15 is 0 Å². The average molecular weight is 359 g/mol. The van der Waals surface area contributed by atoms with Gasteiger partial charge in [-0.1, -0.05) is 27.7 Å². The van der Waals surface area contributed by atoms with Gasteiger partial charge in [-0.2, -0.15) is 0 Å². The van der Waals surface area contributed by atoms with Gasteiger partial charge in [-0.05, 0) is 66.4 Å². The second-order valence-corrected chi connectivity index (χ2v) is 10.0. The van der Waals surface area contributed by atoms with E-state index in [2.05, 4.69) is 39.8 Å². The van der Waals surface area contributed by atoms with E-state index < -0.39 is 0 Å². The Hall–Kier alpha value is -1.22. The molecule has 26 heavy (non-hydrogen) atoms. The zero-order valence-electron chi connectivity index (χ0n) is 17.2. The van der Waals surface area contributed by atoms with Crippen molar-refractivity contribution in [2.75, 3.05) is 14.2 Å². The maximum atomic E-state index is 10.7. The summed E-state index contributed by atoms with van der Waals surface area (Å²) in [5.41, 5.74) is 3.21. The Balaban J connectivity index is 1.82. The molecule has 1 aromatic carbocycles. The van der Waals surface area contributed by atoms with Gasteiger partial charge in [-0.3, -0.25) is 0 Å². The van der Waals surface area contributed by atoms with Gasteiger partial charge in [0.25, 0.3) is 0 Å². The van der Waals surface area contributed by atoms with Gasteiger partial charge >= 0.3 is 0 Å². The lowest BCUT2D eigenvalue weighted by atomic mass is 9.43. The lowest BCUT2D eigenvalue weighted by Gasteiger charge is -2.62. The fraction of sp³-hybridized carbons (Fsp3) is 0.739. The Morgan fingerprint density at radius 3 is 2.35 bits per heavy atom. The van der Waals surface area contributed by atoms with Gasteiger partial charge in [0.15, 0.2) is 0 Å². The molecule has 0 spiro atoms. The highest BCUT2D eigenvalue weighted by Crippen LogP contribution is 2.68. The fourth-order valence-electron chi connectivity index (χ4n) is 7.25. The van der Waals surface area contributed by atoms with Crippen molar-refractivity contribution in [1.29, 1.82) is 0 Å². The first kappa shape index (κ1) is 18.2. The number of fused-ring (bicyclic) bond motifs is 5. The summed E-state index contributed by atoms with van der Waals surface area (Å²) in [7, 11) is 3.51. The molecule has 3 nitrogen and oxygen atoms in total. The molecule has 1 N–H and O–H groups in total. The van der Waals surface area contributed by atoms with E-state index in [0.717, 1.165) is 30.8 Å². The monoisotopic (exact) mass is 358 g/mol. The topological polar surface area (TPSA) is 38.7 Å². The highest BCUT2D eigenvalue weighted by Gasteiger charge is 2.63. The molecule has 1 aromatic rings. The Morgan fingerprint density at radius 2 is 1.69 bits per heavy atom. The zero-order chi connectivity index (χ0) is 18.9. The van der Waals surface area contributed by atoms with E-state index in [0.29, 0.717) is 11.8 Å². The Kier molecular flexibility index (Phi) is 3.94. The van der Waals surface area contributed by atoms with Crippen molar-refractivity contribution >= 4 is 0 Å². The predicted molar refractivity (Wildman–Crippen MR) is 104 cm³/mol. The molecule has 3 heteroatoms. The quantitative estimate of drug-likeness (QED) is 0.830. The first-order valence-electron chi connectivity index (χ1n) is 10.1. The van der Waals surface area contributed by atoms with Crippen molar-refractivity contribution in [3.8, 4) is 11.5 Å². The number of aliphatic hydroxyl groups is 1. The van der Waals surface area contributed by atoms with E-state index in [4.69, 9.17) is 9.47 Å². The zero-order valence-corrected chi connectivity index (χ0v) is 17.2. The normalized spacial score (nSPS) is 40.3. The molecule has 3 aliphatic carbocycles. The molecule has 4 rings (SSSR count). The molecule has 3 unspecified atom stereocenters. The number of methoxy groups -OCH3 is 2. The number of benzene rings is 1. The molecule has 5 atom stereocenters. The largest absolute Gasteiger partial charge is 0.497 e. The van der Waals surface area contributed by atoms with Crippen LogP contribution in [0.2, 0.25) is 0 Å². The van der Waals surface area contributed by atoms with Gasteiger partial charge in [0.05, 0.1) is 20.3 Å². The molecular weight excluding hydrogens is 324 g/mol. The van der Waals surface area contributed by atoms with Gasteiger partial charge in [0, 0.05) is 17.0 Å². The molecule has 0 saturated heterocycles. The molecule has 2 fully saturated rings. The van der Waals surface area contributed by atoms with Crippen molar-refractivity contribution < 1.29 is 14.6 Å². The maximum absolute atomic E-state index is 10.7. The number of ether oxygens (including phenoxy) is 2. The second-order valence-electron chi connectivity index (χ2n) is 10.0. The summed E-state index contributed by atoms with van der Waals surface area (Å²) in [6, 6.07) is 4.28. The lowest BCUT2D eigenvalue weighted by molar-refractivity contribution is -0.151. The van der Waals surface area contributed by atoms with Crippen LogP contribution in [0.25, 0.3) is 0 Å². The SMILES string of the molecule is COc1cc2c(c(OC)c1)[C@]1(C)CCC3C(C)(C)C(O)CCC3(C)[C@H]1C2. The average Bonchev–Trinajstić information content (AvgIpc) is 2.92. The van der Waals surface area contributed by atoms with Crippen LogP contribution >= 0.6 is 0 Å². The van der Waals surface area contributed by atoms with E-state index in [1.165, 1.54) is 24.0 Å². The third kappa shape index (κ3) is 2.16. The van der Waals surface area contributed by atoms with E-state index in [-0.39, 0.29) is 22.3 Å². The number of hydrogen-bond donors (Lipinski definition) is 1. The minimum Gasteiger partial charge on any atom is -0.497 e. The number of hydrogen-bond acceptors (Lipinski definition) is 3. The van der Waals surface area contributed by atoms with Crippen molar-refractivity contribution in [3.05, 3.63) is 23.3 Å². The van der Waals surface area contributed by atoms with E-state index in [1.54, 1.807) is 14.2 Å². The van der Waals surface area contributed by atoms with Crippen molar-refractivity contribution in [2.24, 2.45) is 22.7 Å². The molecule has 0 radical (unpaired) electrons. The molecule has 0 heterocycles. The van der Waals surface area contributed by atoms with Crippen LogP contribution in [0.15, 0.2) is 12.1 Å². The van der Waals surface area contributed by atoms with Gasteiger partial charge in [0.1, 0.15) is 11.5 Å². The van der Waals surface area contributed by atoms with Crippen LogP contribution in [0.3, 0.4) is 0 Å². The Labute approximate surface area is 158 Å². The summed E-state index contributed by atoms with van der Waals surface area (Å²) in [5.74, 6) is 3.04. The fourth-order valence-corrected chi connectivity index (χ4v) is 7.25. The van der Waals surface area contributed by atoms with Gasteiger partial charge in [0.2, 0.25) is 0 Å². The number of aliphatic hydroxyl groups excluding tert-OH is 1. The highest BCUT2D eigenvalue weighted by atomic mass is 16.5. The number of rotatable bonds is 2. The Bertz CT molecular complexity index is 724. The first-order valence-corrected chi connectivity index (χ1v) is 10.1. The van der Waals surface area contributed by atoms with Crippen molar-refractivity contribution in [1.82, 2.24) is 0 Å². The molecular formula is C23H34O3. The first-order chi connectivity index (χ1) is 12.2. The van der Waals surface area contributed by atoms with Crippen molar-refractivity contribution in [3.63, 3.8) is 0 Å². The molecule has 0 amide bonds. The van der Waals surface area contributed by atoms with E-state index in [1.807, 2.05) is 0 Å².